The standard InChI is InChI=1S/C8H10NO3S/c1-9(2)7-3-5-8(6-4-7)13(10,11)12/h3-6H,1-2H3. The van der Waals surface area contributed by atoms with Crippen LogP contribution in [-0.4, -0.2) is 22.5 Å². The molecule has 0 saturated heterocycles. The van der Waals surface area contributed by atoms with Gasteiger partial charge in [-0.3, -0.25) is 0 Å². The quantitative estimate of drug-likeness (QED) is 0.711. The van der Waals surface area contributed by atoms with Crippen LogP contribution in [0.25, 0.3) is 0 Å². The molecule has 0 fully saturated rings. The Labute approximate surface area is 77.5 Å². The average Bonchev–Trinajstić information content (AvgIpc) is 2.03. The van der Waals surface area contributed by atoms with Gasteiger partial charge in [-0.1, -0.05) is 4.55 Å². The molecule has 71 valence electrons. The van der Waals surface area contributed by atoms with E-state index in [1.807, 2.05) is 19.0 Å². The van der Waals surface area contributed by atoms with Gasteiger partial charge in [-0.25, -0.2) is 0 Å². The van der Waals surface area contributed by atoms with E-state index in [2.05, 4.69) is 0 Å². The Kier molecular flexibility index (Phi) is 2.58. The number of anilines is 1. The molecule has 0 unspecified atom stereocenters. The molecule has 0 bridgehead atoms. The predicted octanol–water partition coefficient (Wildman–Crippen LogP) is 0.872. The van der Waals surface area contributed by atoms with Crippen molar-refractivity contribution in [1.29, 1.82) is 0 Å². The first-order valence-corrected chi connectivity index (χ1v) is 5.05. The highest BCUT2D eigenvalue weighted by molar-refractivity contribution is 7.85. The molecule has 0 aliphatic carbocycles. The maximum atomic E-state index is 10.5. The van der Waals surface area contributed by atoms with Crippen LogP contribution in [-0.2, 0) is 14.7 Å². The number of hydrogen-bond acceptors (Lipinski definition) is 3. The Bertz CT molecular complexity index is 380. The Morgan fingerprint density at radius 3 is 1.85 bits per heavy atom. The van der Waals surface area contributed by atoms with Crippen molar-refractivity contribution in [2.75, 3.05) is 19.0 Å². The third-order valence-corrected chi connectivity index (χ3v) is 2.49. The summed E-state index contributed by atoms with van der Waals surface area (Å²) in [6.07, 6.45) is 0. The summed E-state index contributed by atoms with van der Waals surface area (Å²) in [5.74, 6) is 0. The minimum Gasteiger partial charge on any atom is -0.378 e. The van der Waals surface area contributed by atoms with Gasteiger partial charge in [0.2, 0.25) is 0 Å². The molecular formula is C8H10NO3S. The van der Waals surface area contributed by atoms with E-state index < -0.39 is 10.1 Å². The van der Waals surface area contributed by atoms with Crippen LogP contribution in [0.1, 0.15) is 0 Å². The summed E-state index contributed by atoms with van der Waals surface area (Å²) in [4.78, 5) is 1.62. The lowest BCUT2D eigenvalue weighted by Crippen LogP contribution is -2.08. The summed E-state index contributed by atoms with van der Waals surface area (Å²) in [7, 11) is -0.646. The first-order valence-electron chi connectivity index (χ1n) is 3.64. The highest BCUT2D eigenvalue weighted by atomic mass is 32.2. The van der Waals surface area contributed by atoms with Gasteiger partial charge in [0.15, 0.2) is 0 Å². The molecule has 0 amide bonds. The third-order valence-electron chi connectivity index (χ3n) is 1.64. The first-order chi connectivity index (χ1) is 5.91. The van der Waals surface area contributed by atoms with Crippen molar-refractivity contribution >= 4 is 15.8 Å². The summed E-state index contributed by atoms with van der Waals surface area (Å²) in [5.41, 5.74) is 0.854. The number of nitrogens with zero attached hydrogens (tertiary/aromatic N) is 1. The first kappa shape index (κ1) is 10.0. The van der Waals surface area contributed by atoms with E-state index in [0.29, 0.717) is 0 Å². The van der Waals surface area contributed by atoms with Gasteiger partial charge < -0.3 is 4.90 Å². The number of hydrogen-bond donors (Lipinski definition) is 0. The second-order valence-corrected chi connectivity index (χ2v) is 4.22. The molecule has 1 rings (SSSR count). The summed E-state index contributed by atoms with van der Waals surface area (Å²) in [6.45, 7) is 0. The zero-order valence-corrected chi connectivity index (χ0v) is 8.21. The maximum Gasteiger partial charge on any atom is 0.324 e. The molecule has 0 atom stereocenters. The van der Waals surface area contributed by atoms with E-state index in [9.17, 15) is 13.0 Å². The lowest BCUT2D eigenvalue weighted by atomic mass is 10.3. The van der Waals surface area contributed by atoms with Crippen LogP contribution in [0.4, 0.5) is 5.69 Å². The maximum absolute atomic E-state index is 10.5. The fraction of sp³-hybridized carbons (Fsp3) is 0.250. The van der Waals surface area contributed by atoms with E-state index in [4.69, 9.17) is 0 Å². The zero-order chi connectivity index (χ0) is 10.1. The van der Waals surface area contributed by atoms with Gasteiger partial charge in [-0.2, -0.15) is 8.42 Å². The van der Waals surface area contributed by atoms with Gasteiger partial charge >= 0.3 is 10.1 Å². The smallest absolute Gasteiger partial charge is 0.324 e. The van der Waals surface area contributed by atoms with Gasteiger partial charge in [-0.15, -0.1) is 0 Å². The van der Waals surface area contributed by atoms with Crippen LogP contribution in [0, 0.1) is 0 Å². The molecule has 0 aliphatic rings. The Morgan fingerprint density at radius 1 is 1.08 bits per heavy atom. The fourth-order valence-electron chi connectivity index (χ4n) is 0.911. The monoisotopic (exact) mass is 200 g/mol. The molecule has 0 aromatic heterocycles. The van der Waals surface area contributed by atoms with Crippen molar-refractivity contribution in [2.45, 2.75) is 4.90 Å². The molecule has 0 aliphatic heterocycles. The molecule has 1 aromatic rings. The van der Waals surface area contributed by atoms with E-state index in [-0.39, 0.29) is 4.90 Å². The predicted molar refractivity (Wildman–Crippen MR) is 48.6 cm³/mol. The van der Waals surface area contributed by atoms with E-state index >= 15 is 0 Å². The lowest BCUT2D eigenvalue weighted by molar-refractivity contribution is 0.414. The molecule has 5 heteroatoms. The summed E-state index contributed by atoms with van der Waals surface area (Å²) >= 11 is 0. The van der Waals surface area contributed by atoms with Crippen LogP contribution < -0.4 is 4.90 Å². The summed E-state index contributed by atoms with van der Waals surface area (Å²) in [6, 6.07) is 5.78. The van der Waals surface area contributed by atoms with Crippen molar-refractivity contribution in [3.8, 4) is 0 Å². The number of rotatable bonds is 2. The van der Waals surface area contributed by atoms with Crippen molar-refractivity contribution in [3.05, 3.63) is 24.3 Å². The molecule has 0 saturated carbocycles. The van der Waals surface area contributed by atoms with Crippen LogP contribution in [0.5, 0.6) is 0 Å². The van der Waals surface area contributed by atoms with Gasteiger partial charge in [-0.05, 0) is 24.3 Å². The van der Waals surface area contributed by atoms with Gasteiger partial charge in [0.1, 0.15) is 0 Å². The van der Waals surface area contributed by atoms with Crippen molar-refractivity contribution in [1.82, 2.24) is 0 Å². The summed E-state index contributed by atoms with van der Waals surface area (Å²) < 4.78 is 31.6. The Balaban J connectivity index is 3.08. The second-order valence-electron chi connectivity index (χ2n) is 2.84. The minimum atomic E-state index is -4.31. The van der Waals surface area contributed by atoms with Crippen molar-refractivity contribution < 1.29 is 13.0 Å². The minimum absolute atomic E-state index is 0.196. The van der Waals surface area contributed by atoms with Crippen LogP contribution in [0.15, 0.2) is 29.2 Å². The molecule has 0 N–H and O–H groups in total. The summed E-state index contributed by atoms with van der Waals surface area (Å²) in [5, 5.41) is 0. The molecule has 1 aromatic carbocycles. The Hall–Kier alpha value is -1.07. The highest BCUT2D eigenvalue weighted by Gasteiger charge is 2.10. The van der Waals surface area contributed by atoms with Crippen molar-refractivity contribution in [2.24, 2.45) is 0 Å². The second kappa shape index (κ2) is 3.35. The largest absolute Gasteiger partial charge is 0.378 e. The molecule has 0 spiro atoms. The highest BCUT2D eigenvalue weighted by Crippen LogP contribution is 2.15. The average molecular weight is 200 g/mol. The van der Waals surface area contributed by atoms with Crippen LogP contribution >= 0.6 is 0 Å². The molecule has 4 nitrogen and oxygen atoms in total. The number of benzene rings is 1. The third kappa shape index (κ3) is 2.43. The van der Waals surface area contributed by atoms with Gasteiger partial charge in [0.25, 0.3) is 0 Å². The normalized spacial score (nSPS) is 11.3. The molecule has 0 heterocycles. The molecular weight excluding hydrogens is 190 g/mol. The van der Waals surface area contributed by atoms with Crippen molar-refractivity contribution in [3.63, 3.8) is 0 Å². The SMILES string of the molecule is CN(C)c1ccc(S([O])(=O)=O)cc1. The van der Waals surface area contributed by atoms with E-state index in [1.165, 1.54) is 12.1 Å². The van der Waals surface area contributed by atoms with Gasteiger partial charge in [0, 0.05) is 19.8 Å². The van der Waals surface area contributed by atoms with E-state index in [0.717, 1.165) is 5.69 Å². The van der Waals surface area contributed by atoms with Crippen LogP contribution in [0.3, 0.4) is 0 Å². The molecule has 13 heavy (non-hydrogen) atoms. The van der Waals surface area contributed by atoms with Gasteiger partial charge in [0.05, 0.1) is 4.90 Å². The Morgan fingerprint density at radius 2 is 1.54 bits per heavy atom. The topological polar surface area (TPSA) is 57.3 Å². The molecule has 1 radical (unpaired) electrons. The fourth-order valence-corrected chi connectivity index (χ4v) is 1.38. The van der Waals surface area contributed by atoms with Crippen LogP contribution in [0.2, 0.25) is 0 Å². The lowest BCUT2D eigenvalue weighted by Gasteiger charge is -2.11. The zero-order valence-electron chi connectivity index (χ0n) is 7.39. The van der Waals surface area contributed by atoms with E-state index in [1.54, 1.807) is 12.1 Å².